The maximum atomic E-state index is 12.7. The largest absolute Gasteiger partial charge is 0.466 e. The Labute approximate surface area is 196 Å². The molecule has 182 valence electrons. The second-order valence-electron chi connectivity index (χ2n) is 9.77. The Morgan fingerprint density at radius 2 is 1.61 bits per heavy atom. The van der Waals surface area contributed by atoms with E-state index in [9.17, 15) is 14.4 Å². The van der Waals surface area contributed by atoms with Crippen molar-refractivity contribution >= 4 is 18.2 Å². The van der Waals surface area contributed by atoms with Crippen LogP contribution in [0.5, 0.6) is 0 Å². The van der Waals surface area contributed by atoms with Crippen molar-refractivity contribution in [2.24, 2.45) is 17.8 Å². The number of nitrogens with zero attached hydrogens (tertiary/aromatic N) is 2. The minimum absolute atomic E-state index is 0.0148. The van der Waals surface area contributed by atoms with Gasteiger partial charge in [0.25, 0.3) is 0 Å². The molecule has 8 nitrogen and oxygen atoms in total. The molecule has 2 amide bonds. The second-order valence-corrected chi connectivity index (χ2v) is 9.77. The molecule has 3 rings (SSSR count). The third-order valence-electron chi connectivity index (χ3n) is 6.21. The van der Waals surface area contributed by atoms with Crippen LogP contribution in [0.1, 0.15) is 46.1 Å². The molecular formula is C25H36N2O6. The van der Waals surface area contributed by atoms with Gasteiger partial charge in [0, 0.05) is 26.2 Å². The fourth-order valence-corrected chi connectivity index (χ4v) is 4.60. The summed E-state index contributed by atoms with van der Waals surface area (Å²) in [6.07, 6.45) is 0.786. The molecule has 0 radical (unpaired) electrons. The van der Waals surface area contributed by atoms with Crippen molar-refractivity contribution in [3.8, 4) is 0 Å². The van der Waals surface area contributed by atoms with Gasteiger partial charge in [-0.05, 0) is 57.9 Å². The normalized spacial score (nSPS) is 21.6. The molecule has 1 aromatic rings. The van der Waals surface area contributed by atoms with Crippen LogP contribution in [0.4, 0.5) is 9.59 Å². The van der Waals surface area contributed by atoms with E-state index in [1.54, 1.807) is 16.7 Å². The Morgan fingerprint density at radius 3 is 2.21 bits per heavy atom. The van der Waals surface area contributed by atoms with E-state index in [4.69, 9.17) is 14.2 Å². The zero-order chi connectivity index (χ0) is 24.0. The topological polar surface area (TPSA) is 85.4 Å². The molecule has 1 aromatic carbocycles. The maximum Gasteiger partial charge on any atom is 0.410 e. The average Bonchev–Trinajstić information content (AvgIpc) is 3.23. The Bertz CT molecular complexity index is 814. The highest BCUT2D eigenvalue weighted by atomic mass is 16.6. The minimum atomic E-state index is -0.597. The van der Waals surface area contributed by atoms with Gasteiger partial charge in [0.2, 0.25) is 0 Å². The molecule has 2 heterocycles. The van der Waals surface area contributed by atoms with Crippen LogP contribution >= 0.6 is 0 Å². The van der Waals surface area contributed by atoms with Gasteiger partial charge in [-0.2, -0.15) is 0 Å². The summed E-state index contributed by atoms with van der Waals surface area (Å²) in [5.74, 6) is -0.443. The van der Waals surface area contributed by atoms with Crippen LogP contribution in [0.25, 0.3) is 0 Å². The van der Waals surface area contributed by atoms with Gasteiger partial charge in [0.15, 0.2) is 0 Å². The molecule has 33 heavy (non-hydrogen) atoms. The number of esters is 1. The Balaban J connectivity index is 1.57. The van der Waals surface area contributed by atoms with E-state index in [-0.39, 0.29) is 36.4 Å². The van der Waals surface area contributed by atoms with Gasteiger partial charge in [0.1, 0.15) is 12.2 Å². The number of benzene rings is 1. The molecule has 2 atom stereocenters. The number of carbonyl (C=O) groups excluding carboxylic acids is 3. The lowest BCUT2D eigenvalue weighted by Crippen LogP contribution is -2.42. The summed E-state index contributed by atoms with van der Waals surface area (Å²) in [7, 11) is 0. The summed E-state index contributed by atoms with van der Waals surface area (Å²) in [4.78, 5) is 41.1. The van der Waals surface area contributed by atoms with Gasteiger partial charge in [-0.15, -0.1) is 0 Å². The SMILES string of the molecule is CCOC(=O)[C@@H]1CN(C(=O)OC(C)(C)C)C[C@H]1C1CCN(C(=O)OCc2ccccc2)CC1. The highest BCUT2D eigenvalue weighted by Gasteiger charge is 2.46. The molecule has 0 saturated carbocycles. The molecule has 2 fully saturated rings. The van der Waals surface area contributed by atoms with E-state index >= 15 is 0 Å². The molecule has 2 aliphatic rings. The fraction of sp³-hybridized carbons (Fsp3) is 0.640. The van der Waals surface area contributed by atoms with Crippen LogP contribution in [0.15, 0.2) is 30.3 Å². The van der Waals surface area contributed by atoms with Crippen molar-refractivity contribution < 1.29 is 28.6 Å². The monoisotopic (exact) mass is 460 g/mol. The maximum absolute atomic E-state index is 12.7. The van der Waals surface area contributed by atoms with Crippen LogP contribution in [0.3, 0.4) is 0 Å². The van der Waals surface area contributed by atoms with Gasteiger partial charge in [-0.3, -0.25) is 4.79 Å². The molecule has 0 spiro atoms. The summed E-state index contributed by atoms with van der Waals surface area (Å²) in [5.41, 5.74) is 0.353. The first kappa shape index (κ1) is 24.9. The molecule has 0 unspecified atom stereocenters. The number of likely N-dealkylation sites (tertiary alicyclic amines) is 2. The summed E-state index contributed by atoms with van der Waals surface area (Å²) in [6, 6.07) is 9.59. The molecular weight excluding hydrogens is 424 g/mol. The molecule has 0 aromatic heterocycles. The molecule has 8 heteroatoms. The quantitative estimate of drug-likeness (QED) is 0.486. The van der Waals surface area contributed by atoms with Gasteiger partial charge >= 0.3 is 18.2 Å². The molecule has 2 aliphatic heterocycles. The van der Waals surface area contributed by atoms with E-state index in [0.29, 0.717) is 32.8 Å². The Morgan fingerprint density at radius 1 is 0.939 bits per heavy atom. The minimum Gasteiger partial charge on any atom is -0.466 e. The predicted molar refractivity (Wildman–Crippen MR) is 122 cm³/mol. The number of ether oxygens (including phenoxy) is 3. The van der Waals surface area contributed by atoms with Crippen molar-refractivity contribution in [2.45, 2.75) is 52.7 Å². The smallest absolute Gasteiger partial charge is 0.410 e. The van der Waals surface area contributed by atoms with Crippen LogP contribution < -0.4 is 0 Å². The molecule has 0 aliphatic carbocycles. The van der Waals surface area contributed by atoms with Gasteiger partial charge in [0.05, 0.1) is 12.5 Å². The number of rotatable bonds is 5. The summed E-state index contributed by atoms with van der Waals surface area (Å²) in [5, 5.41) is 0. The van der Waals surface area contributed by atoms with Crippen LogP contribution in [-0.4, -0.2) is 66.3 Å². The zero-order valence-corrected chi connectivity index (χ0v) is 20.1. The summed E-state index contributed by atoms with van der Waals surface area (Å²) in [6.45, 7) is 9.72. The fourth-order valence-electron chi connectivity index (χ4n) is 4.60. The lowest BCUT2D eigenvalue weighted by atomic mass is 9.78. The van der Waals surface area contributed by atoms with E-state index in [1.165, 1.54) is 0 Å². The average molecular weight is 461 g/mol. The lowest BCUT2D eigenvalue weighted by molar-refractivity contribution is -0.149. The highest BCUT2D eigenvalue weighted by Crippen LogP contribution is 2.37. The van der Waals surface area contributed by atoms with Crippen LogP contribution in [0.2, 0.25) is 0 Å². The van der Waals surface area contributed by atoms with Gasteiger partial charge < -0.3 is 24.0 Å². The third-order valence-corrected chi connectivity index (χ3v) is 6.21. The van der Waals surface area contributed by atoms with Gasteiger partial charge in [-0.25, -0.2) is 9.59 Å². The van der Waals surface area contributed by atoms with E-state index in [2.05, 4.69) is 0 Å². The zero-order valence-electron chi connectivity index (χ0n) is 20.1. The van der Waals surface area contributed by atoms with Crippen molar-refractivity contribution in [2.75, 3.05) is 32.8 Å². The lowest BCUT2D eigenvalue weighted by Gasteiger charge is -2.35. The molecule has 0 N–H and O–H groups in total. The van der Waals surface area contributed by atoms with Crippen molar-refractivity contribution in [3.63, 3.8) is 0 Å². The van der Waals surface area contributed by atoms with Crippen molar-refractivity contribution in [1.29, 1.82) is 0 Å². The number of hydrogen-bond acceptors (Lipinski definition) is 6. The number of carbonyl (C=O) groups is 3. The number of amides is 2. The molecule has 2 saturated heterocycles. The third kappa shape index (κ3) is 6.85. The highest BCUT2D eigenvalue weighted by molar-refractivity contribution is 5.76. The van der Waals surface area contributed by atoms with E-state index in [0.717, 1.165) is 18.4 Å². The summed E-state index contributed by atoms with van der Waals surface area (Å²) >= 11 is 0. The Kier molecular flexibility index (Phi) is 8.21. The van der Waals surface area contributed by atoms with Crippen molar-refractivity contribution in [1.82, 2.24) is 9.80 Å². The predicted octanol–water partition coefficient (Wildman–Crippen LogP) is 4.08. The summed E-state index contributed by atoms with van der Waals surface area (Å²) < 4.78 is 16.3. The Hall–Kier alpha value is -2.77. The first-order valence-corrected chi connectivity index (χ1v) is 11.8. The number of hydrogen-bond donors (Lipinski definition) is 0. The van der Waals surface area contributed by atoms with E-state index in [1.807, 2.05) is 51.1 Å². The second kappa shape index (κ2) is 10.9. The molecule has 0 bridgehead atoms. The first-order chi connectivity index (χ1) is 15.7. The number of piperidine rings is 1. The first-order valence-electron chi connectivity index (χ1n) is 11.8. The van der Waals surface area contributed by atoms with Gasteiger partial charge in [-0.1, -0.05) is 30.3 Å². The van der Waals surface area contributed by atoms with E-state index < -0.39 is 11.7 Å². The van der Waals surface area contributed by atoms with Crippen LogP contribution in [0, 0.1) is 17.8 Å². The standard InChI is InChI=1S/C25H36N2O6/c1-5-31-22(28)21-16-27(24(30)33-25(2,3)4)15-20(21)19-11-13-26(14-12-19)23(29)32-17-18-9-7-6-8-10-18/h6-10,19-21H,5,11-17H2,1-4H3/t20-,21+/m0/s1. The van der Waals surface area contributed by atoms with Crippen molar-refractivity contribution in [3.05, 3.63) is 35.9 Å². The van der Waals surface area contributed by atoms with Crippen LogP contribution in [-0.2, 0) is 25.6 Å².